The molecule has 3 atom stereocenters. The molecular weight excluding hydrogens is 601 g/mol. The summed E-state index contributed by atoms with van der Waals surface area (Å²) in [7, 11) is 0. The van der Waals surface area contributed by atoms with Crippen LogP contribution in [0.4, 0.5) is 0 Å². The van der Waals surface area contributed by atoms with Gasteiger partial charge in [0.05, 0.1) is 6.10 Å². The highest BCUT2D eigenvalue weighted by atomic mass is 16.3. The standard InChI is InChI=1S/C46H70O3/c1-3-5-6-7-8-9-10-11-12-13-14-15-16-19-25-30-35-40-45(48)41-36-31-26-20-17-18-21-27-32-37-42-46(49)43-38-33-28-23-22-24-29-34-39-44(47)4-2/h1-2,5-6,17,20,34-35,39-40,44-49H,7-16,18-19,21-33,36,41H2/b6-5-,20-17-,39-34+,40-35+/t44-,45?,46+/m0/s1. The van der Waals surface area contributed by atoms with Gasteiger partial charge in [-0.2, -0.15) is 0 Å². The van der Waals surface area contributed by atoms with Crippen LogP contribution in [0.3, 0.4) is 0 Å². The Labute approximate surface area is 303 Å². The fourth-order valence-electron chi connectivity index (χ4n) is 5.43. The molecular formula is C46H70O3. The van der Waals surface area contributed by atoms with Gasteiger partial charge in [-0.15, -0.1) is 12.8 Å². The third kappa shape index (κ3) is 39.4. The summed E-state index contributed by atoms with van der Waals surface area (Å²) >= 11 is 0. The topological polar surface area (TPSA) is 60.7 Å². The zero-order valence-electron chi connectivity index (χ0n) is 30.9. The third-order valence-corrected chi connectivity index (χ3v) is 8.41. The normalized spacial score (nSPS) is 13.2. The van der Waals surface area contributed by atoms with Crippen molar-refractivity contribution >= 4 is 0 Å². The molecule has 1 unspecified atom stereocenters. The van der Waals surface area contributed by atoms with Crippen molar-refractivity contribution in [2.24, 2.45) is 0 Å². The summed E-state index contributed by atoms with van der Waals surface area (Å²) in [5.41, 5.74) is 0. The lowest BCUT2D eigenvalue weighted by Gasteiger charge is -2.04. The molecule has 0 saturated carbocycles. The van der Waals surface area contributed by atoms with E-state index < -0.39 is 12.2 Å². The second-order valence-electron chi connectivity index (χ2n) is 13.1. The van der Waals surface area contributed by atoms with E-state index in [-0.39, 0.29) is 6.10 Å². The number of aliphatic hydroxyl groups is 3. The van der Waals surface area contributed by atoms with Crippen LogP contribution in [0.15, 0.2) is 48.6 Å². The SMILES string of the molecule is C#C/C=C\CCCCCCCCCCCCC/C=C/C(O)CCCC/C=C\CCCCC#C[C@@H](O)C#CCCCCCC/C=C/[C@@H](O)C#C. The van der Waals surface area contributed by atoms with E-state index in [1.54, 1.807) is 6.08 Å². The van der Waals surface area contributed by atoms with E-state index in [2.05, 4.69) is 59.8 Å². The Bertz CT molecular complexity index is 1060. The first-order chi connectivity index (χ1) is 24.1. The molecule has 49 heavy (non-hydrogen) atoms. The smallest absolute Gasteiger partial charge is 0.176 e. The van der Waals surface area contributed by atoms with Crippen LogP contribution >= 0.6 is 0 Å². The van der Waals surface area contributed by atoms with Crippen molar-refractivity contribution in [3.8, 4) is 48.4 Å². The minimum atomic E-state index is -0.851. The number of aliphatic hydroxyl groups excluding tert-OH is 3. The summed E-state index contributed by atoms with van der Waals surface area (Å²) in [6, 6.07) is 0. The summed E-state index contributed by atoms with van der Waals surface area (Å²) in [6.45, 7) is 0. The van der Waals surface area contributed by atoms with E-state index in [9.17, 15) is 15.3 Å². The van der Waals surface area contributed by atoms with Crippen LogP contribution in [0.2, 0.25) is 0 Å². The van der Waals surface area contributed by atoms with E-state index in [0.29, 0.717) is 0 Å². The van der Waals surface area contributed by atoms with Gasteiger partial charge in [-0.05, 0) is 95.6 Å². The third-order valence-electron chi connectivity index (χ3n) is 8.41. The molecule has 0 aliphatic carbocycles. The van der Waals surface area contributed by atoms with Crippen molar-refractivity contribution in [3.63, 3.8) is 0 Å². The van der Waals surface area contributed by atoms with E-state index in [1.807, 2.05) is 18.2 Å². The highest BCUT2D eigenvalue weighted by Gasteiger charge is 1.99. The molecule has 0 aromatic carbocycles. The molecule has 0 bridgehead atoms. The zero-order chi connectivity index (χ0) is 35.7. The number of terminal acetylenes is 2. The number of hydrogen-bond donors (Lipinski definition) is 3. The predicted octanol–water partition coefficient (Wildman–Crippen LogP) is 11.1. The molecule has 272 valence electrons. The van der Waals surface area contributed by atoms with Crippen molar-refractivity contribution in [3.05, 3.63) is 48.6 Å². The van der Waals surface area contributed by atoms with Crippen LogP contribution in [0.5, 0.6) is 0 Å². The molecule has 0 spiro atoms. The van der Waals surface area contributed by atoms with Gasteiger partial charge in [-0.3, -0.25) is 0 Å². The van der Waals surface area contributed by atoms with Gasteiger partial charge in [-0.1, -0.05) is 149 Å². The van der Waals surface area contributed by atoms with Crippen molar-refractivity contribution in [1.29, 1.82) is 0 Å². The summed E-state index contributed by atoms with van der Waals surface area (Å²) in [5, 5.41) is 29.4. The van der Waals surface area contributed by atoms with Crippen molar-refractivity contribution in [2.75, 3.05) is 0 Å². The Morgan fingerprint density at radius 1 is 0.449 bits per heavy atom. The van der Waals surface area contributed by atoms with Crippen LogP contribution in [0, 0.1) is 48.4 Å². The van der Waals surface area contributed by atoms with Crippen LogP contribution in [0.1, 0.15) is 173 Å². The van der Waals surface area contributed by atoms with Gasteiger partial charge < -0.3 is 15.3 Å². The monoisotopic (exact) mass is 671 g/mol. The lowest BCUT2D eigenvalue weighted by atomic mass is 10.0. The Morgan fingerprint density at radius 3 is 1.39 bits per heavy atom. The van der Waals surface area contributed by atoms with Crippen molar-refractivity contribution in [1.82, 2.24) is 0 Å². The van der Waals surface area contributed by atoms with Crippen molar-refractivity contribution in [2.45, 2.75) is 192 Å². The molecule has 3 N–H and O–H groups in total. The molecule has 0 heterocycles. The Kier molecular flexibility index (Phi) is 37.2. The number of allylic oxidation sites excluding steroid dienone is 6. The first-order valence-corrected chi connectivity index (χ1v) is 19.7. The van der Waals surface area contributed by atoms with Gasteiger partial charge in [0, 0.05) is 12.8 Å². The van der Waals surface area contributed by atoms with Crippen molar-refractivity contribution < 1.29 is 15.3 Å². The minimum Gasteiger partial charge on any atom is -0.389 e. The van der Waals surface area contributed by atoms with Gasteiger partial charge in [-0.25, -0.2) is 0 Å². The Hall–Kier alpha value is -2.92. The fourth-order valence-corrected chi connectivity index (χ4v) is 5.43. The summed E-state index contributed by atoms with van der Waals surface area (Å²) < 4.78 is 0. The second kappa shape index (κ2) is 39.5. The van der Waals surface area contributed by atoms with Crippen LogP contribution in [-0.4, -0.2) is 33.6 Å². The minimum absolute atomic E-state index is 0.306. The molecule has 0 aromatic rings. The van der Waals surface area contributed by atoms with E-state index in [1.165, 1.54) is 70.6 Å². The first-order valence-electron chi connectivity index (χ1n) is 19.7. The predicted molar refractivity (Wildman–Crippen MR) is 212 cm³/mol. The molecule has 3 heteroatoms. The summed E-state index contributed by atoms with van der Waals surface area (Å²) in [4.78, 5) is 0. The van der Waals surface area contributed by atoms with Gasteiger partial charge in [0.25, 0.3) is 0 Å². The van der Waals surface area contributed by atoms with Crippen LogP contribution < -0.4 is 0 Å². The number of hydrogen-bond acceptors (Lipinski definition) is 3. The average Bonchev–Trinajstić information content (AvgIpc) is 3.10. The number of unbranched alkanes of at least 4 members (excludes halogenated alkanes) is 22. The van der Waals surface area contributed by atoms with Gasteiger partial charge in [0.1, 0.15) is 6.10 Å². The highest BCUT2D eigenvalue weighted by molar-refractivity contribution is 5.19. The molecule has 0 aliphatic rings. The van der Waals surface area contributed by atoms with E-state index >= 15 is 0 Å². The molecule has 3 nitrogen and oxygen atoms in total. The van der Waals surface area contributed by atoms with Gasteiger partial charge in [0.15, 0.2) is 6.10 Å². The zero-order valence-corrected chi connectivity index (χ0v) is 30.9. The molecule has 0 fully saturated rings. The van der Waals surface area contributed by atoms with Gasteiger partial charge in [0.2, 0.25) is 0 Å². The molecule has 0 aromatic heterocycles. The Balaban J connectivity index is 3.51. The molecule has 0 rings (SSSR count). The summed E-state index contributed by atoms with van der Waals surface area (Å²) in [5.74, 6) is 16.6. The molecule has 0 amide bonds. The van der Waals surface area contributed by atoms with Gasteiger partial charge >= 0.3 is 0 Å². The van der Waals surface area contributed by atoms with Crippen LogP contribution in [-0.2, 0) is 0 Å². The maximum Gasteiger partial charge on any atom is 0.176 e. The highest BCUT2D eigenvalue weighted by Crippen LogP contribution is 2.13. The molecule has 0 saturated heterocycles. The van der Waals surface area contributed by atoms with Crippen LogP contribution in [0.25, 0.3) is 0 Å². The number of rotatable bonds is 31. The maximum absolute atomic E-state index is 10.2. The quantitative estimate of drug-likeness (QED) is 0.0391. The molecule has 0 radical (unpaired) electrons. The largest absolute Gasteiger partial charge is 0.389 e. The first kappa shape index (κ1) is 46.1. The average molecular weight is 671 g/mol. The fraction of sp³-hybridized carbons (Fsp3) is 0.652. The second-order valence-corrected chi connectivity index (χ2v) is 13.1. The molecule has 0 aliphatic heterocycles. The lowest BCUT2D eigenvalue weighted by molar-refractivity contribution is 0.208. The summed E-state index contributed by atoms with van der Waals surface area (Å²) in [6.07, 6.45) is 55.6. The van der Waals surface area contributed by atoms with E-state index in [0.717, 1.165) is 103 Å². The van der Waals surface area contributed by atoms with E-state index in [4.69, 9.17) is 12.8 Å². The maximum atomic E-state index is 10.2. The lowest BCUT2D eigenvalue weighted by Crippen LogP contribution is -2.01. The Morgan fingerprint density at radius 2 is 0.857 bits per heavy atom.